The molecule has 1 saturated carbocycles. The highest BCUT2D eigenvalue weighted by Gasteiger charge is 2.34. The Balaban J connectivity index is 1.38. The average Bonchev–Trinajstić information content (AvgIpc) is 3.49. The van der Waals surface area contributed by atoms with Gasteiger partial charge in [0.15, 0.2) is 17.3 Å². The van der Waals surface area contributed by atoms with Gasteiger partial charge in [-0.25, -0.2) is 0 Å². The number of phenolic OH excluding ortho intramolecular Hbond substituents is 1. The summed E-state index contributed by atoms with van der Waals surface area (Å²) in [7, 11) is 3.51. The molecule has 2 unspecified atom stereocenters. The van der Waals surface area contributed by atoms with Gasteiger partial charge in [0.25, 0.3) is 0 Å². The van der Waals surface area contributed by atoms with E-state index in [0.29, 0.717) is 29.9 Å². The van der Waals surface area contributed by atoms with Gasteiger partial charge >= 0.3 is 0 Å². The fourth-order valence-electron chi connectivity index (χ4n) is 7.32. The number of hydrogen-bond donors (Lipinski definition) is 4. The monoisotopic (exact) mass is 627 g/mol. The van der Waals surface area contributed by atoms with E-state index in [1.54, 1.807) is 18.2 Å². The number of carbonyl (C=O) groups excluding carboxylic acids is 2. The lowest BCUT2D eigenvalue weighted by Gasteiger charge is -2.32. The van der Waals surface area contributed by atoms with Crippen molar-refractivity contribution in [3.63, 3.8) is 0 Å². The van der Waals surface area contributed by atoms with E-state index < -0.39 is 0 Å². The fourth-order valence-corrected chi connectivity index (χ4v) is 7.32. The Bertz CT molecular complexity index is 1410. The van der Waals surface area contributed by atoms with Crippen molar-refractivity contribution in [3.05, 3.63) is 88.7 Å². The summed E-state index contributed by atoms with van der Waals surface area (Å²) in [4.78, 5) is 25.7. The van der Waals surface area contributed by atoms with E-state index in [0.717, 1.165) is 54.5 Å². The van der Waals surface area contributed by atoms with Gasteiger partial charge in [-0.3, -0.25) is 9.59 Å². The summed E-state index contributed by atoms with van der Waals surface area (Å²) < 4.78 is 5.38. The number of dihydropyridines is 1. The van der Waals surface area contributed by atoms with Crippen molar-refractivity contribution in [1.29, 1.82) is 0 Å². The minimum Gasteiger partial charge on any atom is -0.504 e. The van der Waals surface area contributed by atoms with Gasteiger partial charge in [0.2, 0.25) is 0 Å². The molecule has 0 spiro atoms. The number of nitrogens with two attached hydrogens (primary N) is 1. The van der Waals surface area contributed by atoms with Gasteiger partial charge in [-0.2, -0.15) is 0 Å². The summed E-state index contributed by atoms with van der Waals surface area (Å²) in [6.45, 7) is 3.33. The molecule has 0 bridgehead atoms. The zero-order chi connectivity index (χ0) is 32.9. The fraction of sp³-hybridized carbons (Fsp3) is 0.487. The van der Waals surface area contributed by atoms with Gasteiger partial charge in [0, 0.05) is 12.6 Å². The second kappa shape index (κ2) is 17.3. The van der Waals surface area contributed by atoms with E-state index in [1.807, 2.05) is 37.5 Å². The largest absolute Gasteiger partial charge is 0.504 e. The van der Waals surface area contributed by atoms with Crippen molar-refractivity contribution in [2.45, 2.75) is 90.1 Å². The zero-order valence-corrected chi connectivity index (χ0v) is 27.9. The van der Waals surface area contributed by atoms with Crippen molar-refractivity contribution in [2.24, 2.45) is 17.1 Å². The number of aromatic hydroxyl groups is 1. The molecular formula is C39H53N3O4. The number of phenols is 1. The van der Waals surface area contributed by atoms with Crippen LogP contribution in [0.2, 0.25) is 0 Å². The van der Waals surface area contributed by atoms with Gasteiger partial charge in [-0.15, -0.1) is 0 Å². The molecule has 0 saturated heterocycles. The van der Waals surface area contributed by atoms with Crippen LogP contribution >= 0.6 is 0 Å². The lowest BCUT2D eigenvalue weighted by Crippen LogP contribution is -2.35. The Labute approximate surface area is 275 Å². The first kappa shape index (κ1) is 35.2. The molecular weight excluding hydrogens is 574 g/mol. The van der Waals surface area contributed by atoms with E-state index in [4.69, 9.17) is 10.5 Å². The Kier molecular flexibility index (Phi) is 13.2. The Morgan fingerprint density at radius 2 is 1.91 bits per heavy atom. The van der Waals surface area contributed by atoms with Crippen LogP contribution in [0.1, 0.15) is 87.8 Å². The molecule has 2 aromatic carbocycles. The molecule has 5 N–H and O–H groups in total. The van der Waals surface area contributed by atoms with Gasteiger partial charge in [0.1, 0.15) is 5.78 Å². The smallest absolute Gasteiger partial charge is 0.163 e. The predicted molar refractivity (Wildman–Crippen MR) is 187 cm³/mol. The molecule has 46 heavy (non-hydrogen) atoms. The molecule has 1 fully saturated rings. The summed E-state index contributed by atoms with van der Waals surface area (Å²) in [5.41, 5.74) is 11.6. The molecule has 248 valence electrons. The number of carbonyl (C=O) groups is 2. The third kappa shape index (κ3) is 10.4. The molecule has 0 aromatic heterocycles. The molecule has 7 nitrogen and oxygen atoms in total. The maximum atomic E-state index is 12.9. The number of ketones is 2. The Hall–Kier alpha value is -3.68. The number of aryl methyl sites for hydroxylation is 1. The van der Waals surface area contributed by atoms with Crippen LogP contribution in [0.25, 0.3) is 6.08 Å². The average molecular weight is 628 g/mol. The summed E-state index contributed by atoms with van der Waals surface area (Å²) in [6.07, 6.45) is 17.7. The maximum absolute atomic E-state index is 12.9. The van der Waals surface area contributed by atoms with Crippen LogP contribution in [0, 0.1) is 11.3 Å². The molecule has 2 atom stereocenters. The second-order valence-corrected chi connectivity index (χ2v) is 13.4. The highest BCUT2D eigenvalue weighted by molar-refractivity contribution is 6.06. The molecule has 1 heterocycles. The number of hydrogen-bond acceptors (Lipinski definition) is 7. The van der Waals surface area contributed by atoms with E-state index in [-0.39, 0.29) is 29.9 Å². The Morgan fingerprint density at radius 3 is 2.63 bits per heavy atom. The van der Waals surface area contributed by atoms with Crippen molar-refractivity contribution in [1.82, 2.24) is 10.6 Å². The molecule has 7 heteroatoms. The van der Waals surface area contributed by atoms with Crippen molar-refractivity contribution >= 4 is 17.6 Å². The predicted octanol–water partition coefficient (Wildman–Crippen LogP) is 6.79. The van der Waals surface area contributed by atoms with E-state index in [9.17, 15) is 14.7 Å². The first-order chi connectivity index (χ1) is 22.2. The van der Waals surface area contributed by atoms with Crippen LogP contribution in [-0.2, 0) is 22.4 Å². The lowest BCUT2D eigenvalue weighted by atomic mass is 9.74. The maximum Gasteiger partial charge on any atom is 0.163 e. The van der Waals surface area contributed by atoms with Crippen molar-refractivity contribution in [2.75, 3.05) is 20.7 Å². The number of ether oxygens (including phenoxy) is 1. The topological polar surface area (TPSA) is 114 Å². The summed E-state index contributed by atoms with van der Waals surface area (Å²) >= 11 is 0. The molecule has 0 radical (unpaired) electrons. The summed E-state index contributed by atoms with van der Waals surface area (Å²) in [6, 6.07) is 13.8. The van der Waals surface area contributed by atoms with Crippen molar-refractivity contribution < 1.29 is 19.4 Å². The molecule has 0 amide bonds. The first-order valence-electron chi connectivity index (χ1n) is 16.9. The van der Waals surface area contributed by atoms with Crippen LogP contribution < -0.4 is 21.1 Å². The number of nitrogens with one attached hydrogen (secondary N) is 2. The van der Waals surface area contributed by atoms with Crippen LogP contribution in [0.15, 0.2) is 72.0 Å². The standard InChI is InChI=1S/C39H53N3O4/c1-28(26-41-2)25-39(17-7-8-18-39)19-9-12-34(43)24-35(44)16-15-30-22-37(46-3)36(45)21-32(30)20-33-27-42-38(40)23-31(33)14-13-29-10-5-4-6-11-29/h4-6,10-11,15-16,21-23,27-28,38,41-42,45H,7-9,12-14,17-20,24-26,40H2,1-3H3. The number of allylic oxidation sites excluding steroid dienone is 3. The van der Waals surface area contributed by atoms with Crippen LogP contribution in [0.5, 0.6) is 11.5 Å². The van der Waals surface area contributed by atoms with Crippen LogP contribution in [0.3, 0.4) is 0 Å². The highest BCUT2D eigenvalue weighted by Crippen LogP contribution is 2.47. The lowest BCUT2D eigenvalue weighted by molar-refractivity contribution is -0.124. The molecule has 1 aliphatic heterocycles. The van der Waals surface area contributed by atoms with Crippen LogP contribution in [0.4, 0.5) is 0 Å². The third-order valence-corrected chi connectivity index (χ3v) is 9.57. The third-order valence-electron chi connectivity index (χ3n) is 9.57. The quantitative estimate of drug-likeness (QED) is 0.106. The minimum absolute atomic E-state index is 0.00227. The summed E-state index contributed by atoms with van der Waals surface area (Å²) in [5, 5.41) is 17.1. The van der Waals surface area contributed by atoms with E-state index in [2.05, 4.69) is 29.7 Å². The van der Waals surface area contributed by atoms with Gasteiger partial charge < -0.3 is 26.2 Å². The summed E-state index contributed by atoms with van der Waals surface area (Å²) in [5.74, 6) is 0.766. The van der Waals surface area contributed by atoms with Crippen molar-refractivity contribution in [3.8, 4) is 11.5 Å². The normalized spacial score (nSPS) is 18.1. The van der Waals surface area contributed by atoms with Gasteiger partial charge in [0.05, 0.1) is 19.7 Å². The molecule has 2 aromatic rings. The molecule has 2 aliphatic rings. The zero-order valence-electron chi connectivity index (χ0n) is 27.9. The highest BCUT2D eigenvalue weighted by atomic mass is 16.5. The number of benzene rings is 2. The Morgan fingerprint density at radius 1 is 1.15 bits per heavy atom. The number of methoxy groups -OCH3 is 1. The van der Waals surface area contributed by atoms with Crippen LogP contribution in [-0.4, -0.2) is 43.5 Å². The molecule has 4 rings (SSSR count). The van der Waals surface area contributed by atoms with E-state index >= 15 is 0 Å². The van der Waals surface area contributed by atoms with Gasteiger partial charge in [-0.05, 0) is 128 Å². The van der Waals surface area contributed by atoms with E-state index in [1.165, 1.54) is 50.9 Å². The number of rotatable bonds is 18. The second-order valence-electron chi connectivity index (χ2n) is 13.4. The minimum atomic E-state index is -0.265. The SMILES string of the molecule is CNCC(C)CC1(CCCC(=O)CC(=O)C=Cc2cc(OC)c(O)cc2CC2=CNC(N)C=C2CCc2ccccc2)CCCC1. The molecule has 1 aliphatic carbocycles. The van der Waals surface area contributed by atoms with Gasteiger partial charge in [-0.1, -0.05) is 56.2 Å². The number of Topliss-reactive ketones (excluding diaryl/α,β-unsaturated/α-hetero) is 1. The first-order valence-corrected chi connectivity index (χ1v) is 16.9.